The quantitative estimate of drug-likeness (QED) is 0.745. The van der Waals surface area contributed by atoms with Crippen molar-refractivity contribution in [2.45, 2.75) is 78.6 Å². The second kappa shape index (κ2) is 6.51. The summed E-state index contributed by atoms with van der Waals surface area (Å²) in [7, 11) is 0. The summed E-state index contributed by atoms with van der Waals surface area (Å²) >= 11 is 0. The van der Waals surface area contributed by atoms with Gasteiger partial charge in [0.05, 0.1) is 17.5 Å². The van der Waals surface area contributed by atoms with Gasteiger partial charge in [0.25, 0.3) is 0 Å². The fourth-order valence-corrected chi connectivity index (χ4v) is 3.11. The normalized spacial score (nSPS) is 17.9. The first-order chi connectivity index (χ1) is 9.54. The average Bonchev–Trinajstić information content (AvgIpc) is 2.58. The standard InChI is InChI=1S/C14H22N2.C4H8/c1-10(2)15-12(5)16(11(3)4)14-9-7-6-8-13(14)15;1-2-4-3-1/h6-12H,1-5H3;1-4H2. The maximum absolute atomic E-state index is 2.50. The van der Waals surface area contributed by atoms with Gasteiger partial charge in [-0.15, -0.1) is 0 Å². The highest BCUT2D eigenvalue weighted by Crippen LogP contribution is 2.41. The highest BCUT2D eigenvalue weighted by atomic mass is 15.4. The van der Waals surface area contributed by atoms with Crippen LogP contribution in [0.15, 0.2) is 24.3 Å². The molecule has 2 nitrogen and oxygen atoms in total. The Morgan fingerprint density at radius 2 is 1.15 bits per heavy atom. The van der Waals surface area contributed by atoms with Gasteiger partial charge in [0, 0.05) is 12.1 Å². The van der Waals surface area contributed by atoms with Crippen molar-refractivity contribution in [3.8, 4) is 0 Å². The van der Waals surface area contributed by atoms with E-state index in [4.69, 9.17) is 0 Å². The lowest BCUT2D eigenvalue weighted by Gasteiger charge is -2.35. The Labute approximate surface area is 124 Å². The Morgan fingerprint density at radius 1 is 0.800 bits per heavy atom. The molecular formula is C18H30N2. The molecule has 0 N–H and O–H groups in total. The fourth-order valence-electron chi connectivity index (χ4n) is 3.11. The molecule has 0 aromatic heterocycles. The molecular weight excluding hydrogens is 244 g/mol. The zero-order chi connectivity index (χ0) is 14.7. The lowest BCUT2D eigenvalue weighted by atomic mass is 10.0. The predicted octanol–water partition coefficient (Wildman–Crippen LogP) is 5.04. The smallest absolute Gasteiger partial charge is 0.0993 e. The van der Waals surface area contributed by atoms with Crippen molar-refractivity contribution in [1.29, 1.82) is 0 Å². The van der Waals surface area contributed by atoms with Crippen molar-refractivity contribution < 1.29 is 0 Å². The molecule has 0 unspecified atom stereocenters. The lowest BCUT2D eigenvalue weighted by molar-refractivity contribution is 0.504. The molecule has 0 radical (unpaired) electrons. The van der Waals surface area contributed by atoms with E-state index in [-0.39, 0.29) is 0 Å². The zero-order valence-corrected chi connectivity index (χ0v) is 13.8. The minimum atomic E-state index is 0.456. The van der Waals surface area contributed by atoms with Crippen molar-refractivity contribution in [2.75, 3.05) is 9.80 Å². The number of benzene rings is 1. The molecule has 1 aromatic carbocycles. The molecule has 1 aliphatic carbocycles. The molecule has 3 rings (SSSR count). The first-order valence-corrected chi connectivity index (χ1v) is 8.19. The van der Waals surface area contributed by atoms with Gasteiger partial charge in [0.2, 0.25) is 0 Å². The maximum atomic E-state index is 2.50. The second-order valence-corrected chi connectivity index (χ2v) is 6.54. The zero-order valence-electron chi connectivity index (χ0n) is 13.8. The van der Waals surface area contributed by atoms with Crippen LogP contribution in [-0.4, -0.2) is 18.2 Å². The first kappa shape index (κ1) is 15.2. The molecule has 2 aliphatic rings. The van der Waals surface area contributed by atoms with Crippen LogP contribution in [0, 0.1) is 0 Å². The van der Waals surface area contributed by atoms with Gasteiger partial charge in [0.15, 0.2) is 0 Å². The molecule has 2 heteroatoms. The topological polar surface area (TPSA) is 6.48 Å². The van der Waals surface area contributed by atoms with Crippen molar-refractivity contribution in [2.24, 2.45) is 0 Å². The molecule has 1 aromatic rings. The third kappa shape index (κ3) is 2.94. The molecule has 112 valence electrons. The summed E-state index contributed by atoms with van der Waals surface area (Å²) in [5.74, 6) is 0. The molecule has 1 saturated carbocycles. The number of anilines is 2. The number of para-hydroxylation sites is 2. The van der Waals surface area contributed by atoms with Crippen LogP contribution in [0.1, 0.15) is 60.3 Å². The third-order valence-electron chi connectivity index (χ3n) is 4.36. The van der Waals surface area contributed by atoms with Crippen molar-refractivity contribution in [3.05, 3.63) is 24.3 Å². The lowest BCUT2D eigenvalue weighted by Crippen LogP contribution is -2.47. The van der Waals surface area contributed by atoms with Crippen LogP contribution in [0.2, 0.25) is 0 Å². The Morgan fingerprint density at radius 3 is 1.40 bits per heavy atom. The SMILES string of the molecule is C1CCC1.CC(C)N1c2ccccc2N(C(C)C)C1C. The minimum absolute atomic E-state index is 0.456. The van der Waals surface area contributed by atoms with Crippen LogP contribution in [0.4, 0.5) is 11.4 Å². The van der Waals surface area contributed by atoms with E-state index in [0.717, 1.165) is 0 Å². The first-order valence-electron chi connectivity index (χ1n) is 8.19. The van der Waals surface area contributed by atoms with Gasteiger partial charge in [-0.05, 0) is 46.8 Å². The minimum Gasteiger partial charge on any atom is -0.347 e. The molecule has 0 spiro atoms. The van der Waals surface area contributed by atoms with E-state index in [1.54, 1.807) is 0 Å². The highest BCUT2D eigenvalue weighted by Gasteiger charge is 2.34. The molecule has 0 amide bonds. The van der Waals surface area contributed by atoms with Crippen LogP contribution in [0.3, 0.4) is 0 Å². The summed E-state index contributed by atoms with van der Waals surface area (Å²) < 4.78 is 0. The van der Waals surface area contributed by atoms with Gasteiger partial charge in [-0.3, -0.25) is 0 Å². The predicted molar refractivity (Wildman–Crippen MR) is 89.6 cm³/mol. The Kier molecular flexibility index (Phi) is 4.95. The maximum Gasteiger partial charge on any atom is 0.0993 e. The molecule has 0 atom stereocenters. The fraction of sp³-hybridized carbons (Fsp3) is 0.667. The van der Waals surface area contributed by atoms with Crippen LogP contribution >= 0.6 is 0 Å². The van der Waals surface area contributed by atoms with Crippen molar-refractivity contribution in [3.63, 3.8) is 0 Å². The Hall–Kier alpha value is -1.18. The summed E-state index contributed by atoms with van der Waals surface area (Å²) in [5.41, 5.74) is 2.75. The summed E-state index contributed by atoms with van der Waals surface area (Å²) in [4.78, 5) is 4.99. The largest absolute Gasteiger partial charge is 0.347 e. The van der Waals surface area contributed by atoms with Gasteiger partial charge < -0.3 is 9.80 Å². The molecule has 1 heterocycles. The number of rotatable bonds is 2. The number of hydrogen-bond donors (Lipinski definition) is 0. The molecule has 0 bridgehead atoms. The van der Waals surface area contributed by atoms with Gasteiger partial charge in [0.1, 0.15) is 0 Å². The molecule has 1 aliphatic heterocycles. The van der Waals surface area contributed by atoms with Crippen molar-refractivity contribution >= 4 is 11.4 Å². The summed E-state index contributed by atoms with van der Waals surface area (Å²) in [5, 5.41) is 0. The van der Waals surface area contributed by atoms with Crippen LogP contribution in [0.25, 0.3) is 0 Å². The average molecular weight is 274 g/mol. The third-order valence-corrected chi connectivity index (χ3v) is 4.36. The van der Waals surface area contributed by atoms with Gasteiger partial charge in [-0.1, -0.05) is 37.8 Å². The Balaban J connectivity index is 0.000000315. The van der Waals surface area contributed by atoms with Crippen LogP contribution in [-0.2, 0) is 0 Å². The van der Waals surface area contributed by atoms with Gasteiger partial charge >= 0.3 is 0 Å². The van der Waals surface area contributed by atoms with E-state index in [9.17, 15) is 0 Å². The van der Waals surface area contributed by atoms with E-state index >= 15 is 0 Å². The van der Waals surface area contributed by atoms with E-state index in [0.29, 0.717) is 18.2 Å². The van der Waals surface area contributed by atoms with E-state index < -0.39 is 0 Å². The summed E-state index contributed by atoms with van der Waals surface area (Å²) in [6.45, 7) is 11.3. The highest BCUT2D eigenvalue weighted by molar-refractivity contribution is 5.78. The summed E-state index contributed by atoms with van der Waals surface area (Å²) in [6.07, 6.45) is 6.46. The van der Waals surface area contributed by atoms with E-state index in [1.165, 1.54) is 37.1 Å². The van der Waals surface area contributed by atoms with Gasteiger partial charge in [-0.25, -0.2) is 0 Å². The number of hydrogen-bond acceptors (Lipinski definition) is 2. The monoisotopic (exact) mass is 274 g/mol. The van der Waals surface area contributed by atoms with E-state index in [1.807, 2.05) is 0 Å². The Bertz CT molecular complexity index is 382. The van der Waals surface area contributed by atoms with Crippen LogP contribution < -0.4 is 9.80 Å². The number of nitrogens with zero attached hydrogens (tertiary/aromatic N) is 2. The van der Waals surface area contributed by atoms with E-state index in [2.05, 4.69) is 68.7 Å². The molecule has 0 saturated heterocycles. The van der Waals surface area contributed by atoms with Crippen LogP contribution in [0.5, 0.6) is 0 Å². The summed E-state index contributed by atoms with van der Waals surface area (Å²) in [6, 6.07) is 9.80. The van der Waals surface area contributed by atoms with Gasteiger partial charge in [-0.2, -0.15) is 0 Å². The molecule has 1 fully saturated rings. The van der Waals surface area contributed by atoms with Crippen molar-refractivity contribution in [1.82, 2.24) is 0 Å². The second-order valence-electron chi connectivity index (χ2n) is 6.54. The molecule has 20 heavy (non-hydrogen) atoms. The number of fused-ring (bicyclic) bond motifs is 1.